The maximum atomic E-state index is 13.7. The molecular formula is C15H23FN2O2. The Bertz CT molecular complexity index is 461. The lowest BCUT2D eigenvalue weighted by Crippen LogP contribution is -2.44. The van der Waals surface area contributed by atoms with Crippen molar-refractivity contribution in [1.82, 2.24) is 5.32 Å². The van der Waals surface area contributed by atoms with Crippen molar-refractivity contribution in [3.63, 3.8) is 0 Å². The molecule has 0 atom stereocenters. The first-order valence-corrected chi connectivity index (χ1v) is 6.80. The lowest BCUT2D eigenvalue weighted by molar-refractivity contribution is -0.124. The van der Waals surface area contributed by atoms with Gasteiger partial charge in [-0.25, -0.2) is 4.39 Å². The Morgan fingerprint density at radius 1 is 1.45 bits per heavy atom. The van der Waals surface area contributed by atoms with Gasteiger partial charge in [0, 0.05) is 5.54 Å². The van der Waals surface area contributed by atoms with Crippen LogP contribution in [0.5, 0.6) is 5.75 Å². The number of rotatable bonds is 7. The van der Waals surface area contributed by atoms with Crippen LogP contribution in [-0.2, 0) is 11.2 Å². The van der Waals surface area contributed by atoms with E-state index in [1.54, 1.807) is 6.07 Å². The molecule has 0 unspecified atom stereocenters. The number of amides is 1. The van der Waals surface area contributed by atoms with E-state index in [1.807, 2.05) is 20.8 Å². The molecule has 0 saturated carbocycles. The monoisotopic (exact) mass is 282 g/mol. The molecule has 1 amide bonds. The smallest absolute Gasteiger partial charge is 0.258 e. The van der Waals surface area contributed by atoms with Gasteiger partial charge in [-0.2, -0.15) is 0 Å². The summed E-state index contributed by atoms with van der Waals surface area (Å²) in [6, 6.07) is 4.66. The van der Waals surface area contributed by atoms with Gasteiger partial charge in [0.1, 0.15) is 0 Å². The van der Waals surface area contributed by atoms with Crippen LogP contribution in [0.4, 0.5) is 4.39 Å². The summed E-state index contributed by atoms with van der Waals surface area (Å²) in [7, 11) is 0. The zero-order valence-electron chi connectivity index (χ0n) is 12.3. The molecule has 0 aliphatic rings. The molecular weight excluding hydrogens is 259 g/mol. The molecule has 0 aliphatic heterocycles. The summed E-state index contributed by atoms with van der Waals surface area (Å²) in [5.74, 6) is -0.656. The van der Waals surface area contributed by atoms with Crippen molar-refractivity contribution in [2.24, 2.45) is 5.73 Å². The molecule has 0 bridgehead atoms. The van der Waals surface area contributed by atoms with E-state index in [1.165, 1.54) is 12.1 Å². The molecule has 20 heavy (non-hydrogen) atoms. The number of hydrogen-bond donors (Lipinski definition) is 2. The summed E-state index contributed by atoms with van der Waals surface area (Å²) in [6.45, 7) is 6.10. The Balaban J connectivity index is 2.55. The first kappa shape index (κ1) is 16.4. The van der Waals surface area contributed by atoms with Crippen molar-refractivity contribution in [1.29, 1.82) is 0 Å². The van der Waals surface area contributed by atoms with E-state index in [4.69, 9.17) is 10.5 Å². The number of nitrogens with two attached hydrogens (primary N) is 1. The van der Waals surface area contributed by atoms with Crippen molar-refractivity contribution in [2.75, 3.05) is 13.2 Å². The second kappa shape index (κ2) is 7.24. The second-order valence-corrected chi connectivity index (χ2v) is 5.38. The minimum Gasteiger partial charge on any atom is -0.481 e. The van der Waals surface area contributed by atoms with Crippen LogP contribution < -0.4 is 15.8 Å². The highest BCUT2D eigenvalue weighted by molar-refractivity contribution is 5.78. The van der Waals surface area contributed by atoms with E-state index < -0.39 is 5.82 Å². The molecule has 1 aromatic carbocycles. The molecule has 4 nitrogen and oxygen atoms in total. The standard InChI is InChI=1S/C15H23FN2O2/c1-4-15(2,3)18-14(19)10-20-13-6-5-11(7-8-17)9-12(13)16/h5-6,9H,4,7-8,10,17H2,1-3H3,(H,18,19). The van der Waals surface area contributed by atoms with Crippen LogP contribution in [0.25, 0.3) is 0 Å². The summed E-state index contributed by atoms with van der Waals surface area (Å²) in [5.41, 5.74) is 5.94. The molecule has 1 rings (SSSR count). The largest absolute Gasteiger partial charge is 0.481 e. The van der Waals surface area contributed by atoms with Gasteiger partial charge >= 0.3 is 0 Å². The molecule has 0 aromatic heterocycles. The highest BCUT2D eigenvalue weighted by Gasteiger charge is 2.18. The number of ether oxygens (including phenoxy) is 1. The van der Waals surface area contributed by atoms with Crippen LogP contribution >= 0.6 is 0 Å². The van der Waals surface area contributed by atoms with E-state index in [9.17, 15) is 9.18 Å². The average molecular weight is 282 g/mol. The summed E-state index contributed by atoms with van der Waals surface area (Å²) in [4.78, 5) is 11.7. The predicted octanol–water partition coefficient (Wildman–Crippen LogP) is 2.01. The van der Waals surface area contributed by atoms with E-state index in [0.717, 1.165) is 12.0 Å². The van der Waals surface area contributed by atoms with E-state index in [0.29, 0.717) is 13.0 Å². The van der Waals surface area contributed by atoms with Crippen LogP contribution in [-0.4, -0.2) is 24.6 Å². The fourth-order valence-electron chi connectivity index (χ4n) is 1.63. The Labute approximate surface area is 119 Å². The third-order valence-electron chi connectivity index (χ3n) is 3.15. The molecule has 0 saturated heterocycles. The van der Waals surface area contributed by atoms with Gasteiger partial charge in [0.2, 0.25) is 0 Å². The summed E-state index contributed by atoms with van der Waals surface area (Å²) >= 11 is 0. The predicted molar refractivity (Wildman–Crippen MR) is 77.2 cm³/mol. The van der Waals surface area contributed by atoms with E-state index >= 15 is 0 Å². The Morgan fingerprint density at radius 2 is 2.15 bits per heavy atom. The third kappa shape index (κ3) is 5.17. The topological polar surface area (TPSA) is 64.3 Å². The maximum absolute atomic E-state index is 13.7. The number of carbonyl (C=O) groups excluding carboxylic acids is 1. The SMILES string of the molecule is CCC(C)(C)NC(=O)COc1ccc(CCN)cc1F. The number of carbonyl (C=O) groups is 1. The quantitative estimate of drug-likeness (QED) is 0.804. The van der Waals surface area contributed by atoms with Gasteiger partial charge in [-0.1, -0.05) is 13.0 Å². The lowest BCUT2D eigenvalue weighted by atomic mass is 10.0. The highest BCUT2D eigenvalue weighted by atomic mass is 19.1. The van der Waals surface area contributed by atoms with Crippen molar-refractivity contribution in [3.05, 3.63) is 29.6 Å². The first-order chi connectivity index (χ1) is 9.38. The first-order valence-electron chi connectivity index (χ1n) is 6.80. The normalized spacial score (nSPS) is 11.2. The van der Waals surface area contributed by atoms with Crippen LogP contribution in [0.2, 0.25) is 0 Å². The van der Waals surface area contributed by atoms with Crippen molar-refractivity contribution in [3.8, 4) is 5.75 Å². The van der Waals surface area contributed by atoms with Crippen molar-refractivity contribution >= 4 is 5.91 Å². The van der Waals surface area contributed by atoms with Gasteiger partial charge in [0.05, 0.1) is 0 Å². The Kier molecular flexibility index (Phi) is 5.95. The average Bonchev–Trinajstić information content (AvgIpc) is 2.37. The zero-order chi connectivity index (χ0) is 15.2. The second-order valence-electron chi connectivity index (χ2n) is 5.38. The maximum Gasteiger partial charge on any atom is 0.258 e. The fourth-order valence-corrected chi connectivity index (χ4v) is 1.63. The summed E-state index contributed by atoms with van der Waals surface area (Å²) < 4.78 is 18.9. The molecule has 0 aliphatic carbocycles. The van der Waals surface area contributed by atoms with Crippen LogP contribution in [0.15, 0.2) is 18.2 Å². The van der Waals surface area contributed by atoms with Crippen molar-refractivity contribution in [2.45, 2.75) is 39.2 Å². The molecule has 112 valence electrons. The molecule has 3 N–H and O–H groups in total. The van der Waals surface area contributed by atoms with Gasteiger partial charge in [0.15, 0.2) is 18.2 Å². The Hall–Kier alpha value is -1.62. The molecule has 0 radical (unpaired) electrons. The number of halogens is 1. The lowest BCUT2D eigenvalue weighted by Gasteiger charge is -2.24. The minimum atomic E-state index is -0.474. The molecule has 0 spiro atoms. The number of nitrogens with one attached hydrogen (secondary N) is 1. The van der Waals surface area contributed by atoms with Crippen LogP contribution in [0.1, 0.15) is 32.8 Å². The fraction of sp³-hybridized carbons (Fsp3) is 0.533. The number of benzene rings is 1. The van der Waals surface area contributed by atoms with Crippen LogP contribution in [0, 0.1) is 5.82 Å². The molecule has 0 fully saturated rings. The van der Waals surface area contributed by atoms with Crippen molar-refractivity contribution < 1.29 is 13.9 Å². The van der Waals surface area contributed by atoms with Gasteiger partial charge in [0.25, 0.3) is 5.91 Å². The zero-order valence-corrected chi connectivity index (χ0v) is 12.3. The minimum absolute atomic E-state index is 0.0789. The van der Waals surface area contributed by atoms with Gasteiger partial charge in [-0.3, -0.25) is 4.79 Å². The van der Waals surface area contributed by atoms with Crippen LogP contribution in [0.3, 0.4) is 0 Å². The van der Waals surface area contributed by atoms with E-state index in [-0.39, 0.29) is 23.8 Å². The summed E-state index contributed by atoms with van der Waals surface area (Å²) in [6.07, 6.45) is 1.42. The van der Waals surface area contributed by atoms with Gasteiger partial charge in [-0.05, 0) is 50.9 Å². The number of hydrogen-bond acceptors (Lipinski definition) is 3. The van der Waals surface area contributed by atoms with Gasteiger partial charge < -0.3 is 15.8 Å². The molecule has 0 heterocycles. The molecule has 1 aromatic rings. The summed E-state index contributed by atoms with van der Waals surface area (Å²) in [5, 5.41) is 2.82. The van der Waals surface area contributed by atoms with Gasteiger partial charge in [-0.15, -0.1) is 0 Å². The third-order valence-corrected chi connectivity index (χ3v) is 3.15. The van der Waals surface area contributed by atoms with E-state index in [2.05, 4.69) is 5.32 Å². The highest BCUT2D eigenvalue weighted by Crippen LogP contribution is 2.18. The molecule has 5 heteroatoms. The Morgan fingerprint density at radius 3 is 2.70 bits per heavy atom.